The molecule has 0 bridgehead atoms. The zero-order valence-electron chi connectivity index (χ0n) is 28.5. The zero-order valence-corrected chi connectivity index (χ0v) is 28.5. The summed E-state index contributed by atoms with van der Waals surface area (Å²) in [5.74, 6) is 0. The van der Waals surface area contributed by atoms with Crippen LogP contribution in [-0.4, -0.2) is 9.97 Å². The summed E-state index contributed by atoms with van der Waals surface area (Å²) in [6.45, 7) is 0. The minimum atomic E-state index is 0.902. The first-order valence-corrected chi connectivity index (χ1v) is 18.1. The lowest BCUT2D eigenvalue weighted by Gasteiger charge is -2.13. The quantitative estimate of drug-likeness (QED) is 0.172. The van der Waals surface area contributed by atoms with E-state index in [0.717, 1.165) is 60.9 Å². The van der Waals surface area contributed by atoms with Gasteiger partial charge in [0.1, 0.15) is 11.2 Å². The predicted octanol–water partition coefficient (Wildman–Crippen LogP) is 13.8. The van der Waals surface area contributed by atoms with Crippen molar-refractivity contribution in [1.29, 1.82) is 0 Å². The van der Waals surface area contributed by atoms with E-state index < -0.39 is 0 Å². The number of hydrogen-bond acceptors (Lipinski definition) is 3. The lowest BCUT2D eigenvalue weighted by molar-refractivity contribution is 0.670. The van der Waals surface area contributed by atoms with Gasteiger partial charge in [-0.2, -0.15) is 0 Å². The molecular formula is C50H28N2O. The lowest BCUT2D eigenvalue weighted by Crippen LogP contribution is -1.91. The van der Waals surface area contributed by atoms with Crippen molar-refractivity contribution in [2.45, 2.75) is 0 Å². The first-order chi connectivity index (χ1) is 26.2. The molecule has 0 aliphatic carbocycles. The molecular weight excluding hydrogens is 645 g/mol. The zero-order chi connectivity index (χ0) is 34.6. The minimum absolute atomic E-state index is 0.902. The summed E-state index contributed by atoms with van der Waals surface area (Å²) in [6, 6.07) is 60.7. The summed E-state index contributed by atoms with van der Waals surface area (Å²) < 4.78 is 6.63. The van der Waals surface area contributed by atoms with Crippen molar-refractivity contribution in [2.24, 2.45) is 0 Å². The topological polar surface area (TPSA) is 38.9 Å². The molecule has 3 aromatic heterocycles. The molecule has 0 saturated heterocycles. The second-order valence-corrected chi connectivity index (χ2v) is 14.1. The summed E-state index contributed by atoms with van der Waals surface area (Å²) >= 11 is 0. The van der Waals surface area contributed by atoms with E-state index in [1.54, 1.807) is 0 Å². The Morgan fingerprint density at radius 3 is 1.62 bits per heavy atom. The van der Waals surface area contributed by atoms with Crippen LogP contribution in [0.4, 0.5) is 0 Å². The number of hydrogen-bond donors (Lipinski definition) is 0. The molecule has 53 heavy (non-hydrogen) atoms. The molecule has 3 heterocycles. The highest BCUT2D eigenvalue weighted by Crippen LogP contribution is 2.43. The molecule has 244 valence electrons. The van der Waals surface area contributed by atoms with E-state index >= 15 is 0 Å². The number of nitrogens with zero attached hydrogens (tertiary/aromatic N) is 2. The van der Waals surface area contributed by atoms with E-state index in [1.165, 1.54) is 59.2 Å². The molecule has 3 nitrogen and oxygen atoms in total. The summed E-state index contributed by atoms with van der Waals surface area (Å²) in [5.41, 5.74) is 7.68. The number of fused-ring (bicyclic) bond motifs is 16. The van der Waals surface area contributed by atoms with Gasteiger partial charge in [-0.3, -0.25) is 0 Å². The SMILES string of the molecule is c1ccc(-c2ccc3ccc4ccc(-c5ccc6c(c5)c5ccccc5c5cc7c(cc65)oc5ccc6c8ccccc8ccc6c57)nc4c3n2)cc1. The first kappa shape index (κ1) is 28.6. The van der Waals surface area contributed by atoms with Crippen LogP contribution in [0.5, 0.6) is 0 Å². The molecule has 0 radical (unpaired) electrons. The van der Waals surface area contributed by atoms with Gasteiger partial charge in [-0.25, -0.2) is 9.97 Å². The molecule has 12 rings (SSSR count). The van der Waals surface area contributed by atoms with E-state index in [1.807, 2.05) is 6.07 Å². The molecule has 0 atom stereocenters. The highest BCUT2D eigenvalue weighted by Gasteiger charge is 2.17. The Labute approximate surface area is 303 Å². The molecule has 0 unspecified atom stereocenters. The van der Waals surface area contributed by atoms with Crippen LogP contribution in [0, 0.1) is 0 Å². The molecule has 9 aromatic carbocycles. The van der Waals surface area contributed by atoms with Crippen LogP contribution in [0.15, 0.2) is 174 Å². The molecule has 0 aliphatic rings. The standard InChI is InChI=1S/C50H28N2O/c1-2-9-30(10-3-1)44-23-18-31-14-15-32-19-24-45(52-50(32)49(31)51-44)33-17-20-38-40(26-33)35-12-6-7-13-36(35)41-27-43-47(28-42(38)41)53-46-25-22-37-34-11-5-4-8-29(34)16-21-39(37)48(43)46/h1-28H. The van der Waals surface area contributed by atoms with Crippen molar-refractivity contribution in [3.8, 4) is 22.5 Å². The highest BCUT2D eigenvalue weighted by molar-refractivity contribution is 6.31. The normalized spacial score (nSPS) is 12.2. The smallest absolute Gasteiger partial charge is 0.136 e. The third kappa shape index (κ3) is 4.16. The molecule has 3 heteroatoms. The molecule has 0 N–H and O–H groups in total. The number of furan rings is 1. The van der Waals surface area contributed by atoms with E-state index in [-0.39, 0.29) is 0 Å². The summed E-state index contributed by atoms with van der Waals surface area (Å²) in [5, 5.41) is 16.7. The van der Waals surface area contributed by atoms with E-state index in [0.29, 0.717) is 0 Å². The van der Waals surface area contributed by atoms with Crippen LogP contribution in [0.3, 0.4) is 0 Å². The maximum absolute atomic E-state index is 6.63. The average Bonchev–Trinajstić information content (AvgIpc) is 3.60. The van der Waals surface area contributed by atoms with Gasteiger partial charge in [-0.15, -0.1) is 0 Å². The molecule has 0 aliphatic heterocycles. The summed E-state index contributed by atoms with van der Waals surface area (Å²) in [7, 11) is 0. The van der Waals surface area contributed by atoms with Gasteiger partial charge in [0.2, 0.25) is 0 Å². The van der Waals surface area contributed by atoms with Crippen LogP contribution in [-0.2, 0) is 0 Å². The van der Waals surface area contributed by atoms with Crippen molar-refractivity contribution in [3.05, 3.63) is 170 Å². The first-order valence-electron chi connectivity index (χ1n) is 18.1. The van der Waals surface area contributed by atoms with Gasteiger partial charge >= 0.3 is 0 Å². The molecule has 12 aromatic rings. The van der Waals surface area contributed by atoms with Gasteiger partial charge in [-0.05, 0) is 90.3 Å². The van der Waals surface area contributed by atoms with Gasteiger partial charge in [0.25, 0.3) is 0 Å². The van der Waals surface area contributed by atoms with Gasteiger partial charge in [0, 0.05) is 32.7 Å². The molecule has 0 amide bonds. The van der Waals surface area contributed by atoms with E-state index in [2.05, 4.69) is 164 Å². The predicted molar refractivity (Wildman–Crippen MR) is 223 cm³/mol. The summed E-state index contributed by atoms with van der Waals surface area (Å²) in [6.07, 6.45) is 0. The van der Waals surface area contributed by atoms with E-state index in [9.17, 15) is 0 Å². The Kier molecular flexibility index (Phi) is 5.77. The monoisotopic (exact) mass is 672 g/mol. The summed E-state index contributed by atoms with van der Waals surface area (Å²) in [4.78, 5) is 10.4. The van der Waals surface area contributed by atoms with Gasteiger partial charge < -0.3 is 4.42 Å². The highest BCUT2D eigenvalue weighted by atomic mass is 16.3. The van der Waals surface area contributed by atoms with Crippen molar-refractivity contribution in [1.82, 2.24) is 9.97 Å². The Hall–Kier alpha value is -7.10. The number of benzene rings is 9. The van der Waals surface area contributed by atoms with Crippen molar-refractivity contribution >= 4 is 97.6 Å². The Balaban J connectivity index is 1.08. The lowest BCUT2D eigenvalue weighted by atomic mass is 9.91. The van der Waals surface area contributed by atoms with Crippen LogP contribution in [0.2, 0.25) is 0 Å². The fourth-order valence-corrected chi connectivity index (χ4v) is 8.67. The minimum Gasteiger partial charge on any atom is -0.456 e. The largest absolute Gasteiger partial charge is 0.456 e. The Morgan fingerprint density at radius 1 is 0.302 bits per heavy atom. The van der Waals surface area contributed by atoms with Gasteiger partial charge in [0.05, 0.1) is 22.4 Å². The Bertz CT molecular complexity index is 3510. The van der Waals surface area contributed by atoms with Crippen LogP contribution >= 0.6 is 0 Å². The fourth-order valence-electron chi connectivity index (χ4n) is 8.67. The van der Waals surface area contributed by atoms with Crippen molar-refractivity contribution in [3.63, 3.8) is 0 Å². The van der Waals surface area contributed by atoms with E-state index in [4.69, 9.17) is 14.4 Å². The second kappa shape index (κ2) is 10.7. The maximum Gasteiger partial charge on any atom is 0.136 e. The average molecular weight is 673 g/mol. The third-order valence-corrected chi connectivity index (χ3v) is 11.2. The molecule has 0 fully saturated rings. The fraction of sp³-hybridized carbons (Fsp3) is 0. The Morgan fingerprint density at radius 2 is 0.849 bits per heavy atom. The van der Waals surface area contributed by atoms with Gasteiger partial charge in [0.15, 0.2) is 0 Å². The van der Waals surface area contributed by atoms with Gasteiger partial charge in [-0.1, -0.05) is 133 Å². The molecule has 0 saturated carbocycles. The van der Waals surface area contributed by atoms with Crippen LogP contribution in [0.1, 0.15) is 0 Å². The maximum atomic E-state index is 6.63. The number of pyridine rings is 2. The number of rotatable bonds is 2. The second-order valence-electron chi connectivity index (χ2n) is 14.1. The van der Waals surface area contributed by atoms with Crippen LogP contribution in [0.25, 0.3) is 120 Å². The molecule has 0 spiro atoms. The third-order valence-electron chi connectivity index (χ3n) is 11.2. The van der Waals surface area contributed by atoms with Crippen LogP contribution < -0.4 is 0 Å². The van der Waals surface area contributed by atoms with Crippen molar-refractivity contribution in [2.75, 3.05) is 0 Å². The van der Waals surface area contributed by atoms with Crippen molar-refractivity contribution < 1.29 is 4.42 Å². The number of aromatic nitrogens is 2.